The van der Waals surface area contributed by atoms with Gasteiger partial charge < -0.3 is 19.5 Å². The highest BCUT2D eigenvalue weighted by Crippen LogP contribution is 2.22. The normalized spacial score (nSPS) is 16.3. The quantitative estimate of drug-likeness (QED) is 0.560. The van der Waals surface area contributed by atoms with E-state index < -0.39 is 0 Å². The molecule has 3 N–H and O–H groups in total. The summed E-state index contributed by atoms with van der Waals surface area (Å²) in [5.74, 6) is 1.19. The molecule has 1 atom stereocenters. The Bertz CT molecular complexity index is 843. The molecule has 5 nitrogen and oxygen atoms in total. The molecule has 1 unspecified atom stereocenters. The number of carbonyl (C=O) groups excluding carboxylic acids is 1. The molecule has 1 fully saturated rings. The van der Waals surface area contributed by atoms with E-state index in [0.717, 1.165) is 25.4 Å². The fourth-order valence-corrected chi connectivity index (χ4v) is 4.42. The summed E-state index contributed by atoms with van der Waals surface area (Å²) < 4.78 is 5.93. The van der Waals surface area contributed by atoms with Crippen molar-refractivity contribution < 1.29 is 19.0 Å². The molecule has 2 aromatic rings. The Morgan fingerprint density at radius 2 is 1.72 bits per heavy atom. The van der Waals surface area contributed by atoms with Crippen LogP contribution < -0.4 is 15.1 Å². The predicted molar refractivity (Wildman–Crippen MR) is 129 cm³/mol. The highest BCUT2D eigenvalue weighted by Gasteiger charge is 2.20. The van der Waals surface area contributed by atoms with Crippen molar-refractivity contribution in [2.75, 3.05) is 26.2 Å². The summed E-state index contributed by atoms with van der Waals surface area (Å²) in [4.78, 5) is 15.5. The number of hydrogen-bond acceptors (Lipinski definition) is 2. The number of likely N-dealkylation sites (tertiary alicyclic amines) is 1. The molecule has 0 spiro atoms. The van der Waals surface area contributed by atoms with E-state index in [4.69, 9.17) is 4.42 Å². The molecular formula is C27H43N3O2+2. The molecule has 1 aromatic heterocycles. The van der Waals surface area contributed by atoms with Crippen LogP contribution in [-0.2, 0) is 18.5 Å². The maximum Gasteiger partial charge on any atom is 0.287 e. The Morgan fingerprint density at radius 1 is 1.03 bits per heavy atom. The van der Waals surface area contributed by atoms with Gasteiger partial charge in [-0.15, -0.1) is 0 Å². The van der Waals surface area contributed by atoms with Gasteiger partial charge in [-0.25, -0.2) is 0 Å². The molecule has 0 saturated carbocycles. The molecular weight excluding hydrogens is 398 g/mol. The van der Waals surface area contributed by atoms with Gasteiger partial charge in [-0.1, -0.05) is 45.0 Å². The van der Waals surface area contributed by atoms with Crippen LogP contribution in [0.4, 0.5) is 0 Å². The average molecular weight is 442 g/mol. The van der Waals surface area contributed by atoms with Gasteiger partial charge in [-0.05, 0) is 56.2 Å². The van der Waals surface area contributed by atoms with Crippen molar-refractivity contribution in [3.05, 3.63) is 59.0 Å². The van der Waals surface area contributed by atoms with E-state index in [1.807, 2.05) is 12.1 Å². The topological polar surface area (TPSA) is 51.1 Å². The zero-order valence-electron chi connectivity index (χ0n) is 20.7. The van der Waals surface area contributed by atoms with Crippen LogP contribution in [0.3, 0.4) is 0 Å². The van der Waals surface area contributed by atoms with E-state index in [1.165, 1.54) is 48.4 Å². The fraction of sp³-hybridized carbons (Fsp3) is 0.593. The number of amides is 1. The molecule has 176 valence electrons. The number of rotatable bonds is 9. The summed E-state index contributed by atoms with van der Waals surface area (Å²) in [5, 5.41) is 3.03. The molecule has 1 aliphatic rings. The fourth-order valence-electron chi connectivity index (χ4n) is 4.42. The number of piperidine rings is 1. The molecule has 1 amide bonds. The van der Waals surface area contributed by atoms with Gasteiger partial charge in [0.1, 0.15) is 13.1 Å². The highest BCUT2D eigenvalue weighted by atomic mass is 16.4. The third kappa shape index (κ3) is 7.21. The number of quaternary nitrogens is 2. The van der Waals surface area contributed by atoms with Crippen LogP contribution in [0.25, 0.3) is 0 Å². The lowest BCUT2D eigenvalue weighted by atomic mass is 9.87. The van der Waals surface area contributed by atoms with Crippen LogP contribution in [-0.4, -0.2) is 38.1 Å². The van der Waals surface area contributed by atoms with Crippen LogP contribution in [0.1, 0.15) is 81.3 Å². The second-order valence-corrected chi connectivity index (χ2v) is 10.7. The van der Waals surface area contributed by atoms with E-state index in [9.17, 15) is 4.79 Å². The standard InChI is InChI=1S/C27H41N3O2/c1-21(2)30(19-22-9-11-23(12-10-22)27(3,4)5)20-24-13-14-25(32-24)26(31)28-15-18-29-16-7-6-8-17-29/h9-14,21H,6-8,15-20H2,1-5H3,(H,28,31)/p+2. The Morgan fingerprint density at radius 3 is 2.34 bits per heavy atom. The number of carbonyl (C=O) groups is 1. The van der Waals surface area contributed by atoms with Gasteiger partial charge in [0.15, 0.2) is 11.5 Å². The van der Waals surface area contributed by atoms with Crippen molar-refractivity contribution in [1.82, 2.24) is 5.32 Å². The molecule has 32 heavy (non-hydrogen) atoms. The minimum Gasteiger partial charge on any atom is -0.450 e. The van der Waals surface area contributed by atoms with Crippen LogP contribution in [0.2, 0.25) is 0 Å². The largest absolute Gasteiger partial charge is 0.450 e. The zero-order chi connectivity index (χ0) is 23.1. The first-order chi connectivity index (χ1) is 15.2. The van der Waals surface area contributed by atoms with E-state index in [-0.39, 0.29) is 11.3 Å². The summed E-state index contributed by atoms with van der Waals surface area (Å²) >= 11 is 0. The van der Waals surface area contributed by atoms with Crippen molar-refractivity contribution >= 4 is 5.91 Å². The van der Waals surface area contributed by atoms with Crippen molar-refractivity contribution in [3.8, 4) is 0 Å². The molecule has 3 rings (SSSR count). The molecule has 0 bridgehead atoms. The van der Waals surface area contributed by atoms with Crippen LogP contribution in [0.5, 0.6) is 0 Å². The Labute approximate surface area is 194 Å². The Hall–Kier alpha value is -2.11. The number of furan rings is 1. The van der Waals surface area contributed by atoms with E-state index in [0.29, 0.717) is 18.3 Å². The van der Waals surface area contributed by atoms with Crippen LogP contribution in [0, 0.1) is 0 Å². The van der Waals surface area contributed by atoms with E-state index in [2.05, 4.69) is 64.2 Å². The van der Waals surface area contributed by atoms with Gasteiger partial charge in [0, 0.05) is 5.56 Å². The summed E-state index contributed by atoms with van der Waals surface area (Å²) in [7, 11) is 0. The van der Waals surface area contributed by atoms with Gasteiger partial charge in [-0.2, -0.15) is 0 Å². The summed E-state index contributed by atoms with van der Waals surface area (Å²) in [6.07, 6.45) is 3.96. The first-order valence-corrected chi connectivity index (χ1v) is 12.4. The monoisotopic (exact) mass is 441 g/mol. The van der Waals surface area contributed by atoms with Crippen molar-refractivity contribution in [2.45, 2.75) is 78.4 Å². The number of hydrogen-bond donors (Lipinski definition) is 3. The van der Waals surface area contributed by atoms with E-state index >= 15 is 0 Å². The van der Waals surface area contributed by atoms with Gasteiger partial charge in [0.25, 0.3) is 5.91 Å². The predicted octanol–water partition coefficient (Wildman–Crippen LogP) is 2.37. The van der Waals surface area contributed by atoms with Gasteiger partial charge >= 0.3 is 0 Å². The second kappa shape index (κ2) is 11.2. The van der Waals surface area contributed by atoms with Gasteiger partial charge in [-0.3, -0.25) is 4.79 Å². The lowest BCUT2D eigenvalue weighted by Gasteiger charge is -2.24. The Kier molecular flexibility index (Phi) is 8.55. The minimum atomic E-state index is -0.100. The summed E-state index contributed by atoms with van der Waals surface area (Å²) in [6, 6.07) is 13.2. The van der Waals surface area contributed by atoms with Crippen LogP contribution >= 0.6 is 0 Å². The van der Waals surface area contributed by atoms with Gasteiger partial charge in [0.2, 0.25) is 0 Å². The van der Waals surface area contributed by atoms with Crippen LogP contribution in [0.15, 0.2) is 40.8 Å². The highest BCUT2D eigenvalue weighted by molar-refractivity contribution is 5.91. The van der Waals surface area contributed by atoms with Gasteiger partial charge in [0.05, 0.1) is 32.2 Å². The molecule has 0 radical (unpaired) electrons. The van der Waals surface area contributed by atoms with Crippen molar-refractivity contribution in [1.29, 1.82) is 0 Å². The van der Waals surface area contributed by atoms with E-state index in [1.54, 1.807) is 4.90 Å². The third-order valence-electron chi connectivity index (χ3n) is 6.68. The molecule has 0 aliphatic carbocycles. The minimum absolute atomic E-state index is 0.100. The lowest BCUT2D eigenvalue weighted by molar-refractivity contribution is -0.949. The molecule has 1 aromatic carbocycles. The van der Waals surface area contributed by atoms with Crippen molar-refractivity contribution in [2.24, 2.45) is 0 Å². The second-order valence-electron chi connectivity index (χ2n) is 10.7. The average Bonchev–Trinajstić information content (AvgIpc) is 3.22. The Balaban J connectivity index is 1.52. The molecule has 1 aliphatic heterocycles. The summed E-state index contributed by atoms with van der Waals surface area (Å²) in [5.41, 5.74) is 2.85. The smallest absolute Gasteiger partial charge is 0.287 e. The SMILES string of the molecule is CC(C)[NH+](Cc1ccc(C(C)(C)C)cc1)Cc1ccc(C(=O)NCC[NH+]2CCCCC2)o1. The molecule has 1 saturated heterocycles. The van der Waals surface area contributed by atoms with Crippen molar-refractivity contribution in [3.63, 3.8) is 0 Å². The first kappa shape index (κ1) is 24.5. The third-order valence-corrected chi connectivity index (χ3v) is 6.68. The summed E-state index contributed by atoms with van der Waals surface area (Å²) in [6.45, 7) is 17.1. The number of nitrogens with one attached hydrogen (secondary N) is 3. The zero-order valence-corrected chi connectivity index (χ0v) is 20.7. The molecule has 5 heteroatoms. The maximum absolute atomic E-state index is 12.5. The maximum atomic E-state index is 12.5. The molecule has 2 heterocycles. The lowest BCUT2D eigenvalue weighted by Crippen LogP contribution is -3.13. The first-order valence-electron chi connectivity index (χ1n) is 12.4. The number of benzene rings is 1.